The van der Waals surface area contributed by atoms with E-state index >= 15 is 0 Å². The zero-order valence-corrected chi connectivity index (χ0v) is 17.6. The van der Waals surface area contributed by atoms with Crippen molar-refractivity contribution in [2.24, 2.45) is 5.10 Å². The highest BCUT2D eigenvalue weighted by Gasteiger charge is 2.25. The van der Waals surface area contributed by atoms with Gasteiger partial charge < -0.3 is 0 Å². The third-order valence-electron chi connectivity index (χ3n) is 3.72. The molecule has 1 N–H and O–H groups in total. The summed E-state index contributed by atoms with van der Waals surface area (Å²) in [5.74, 6) is -0.814. The van der Waals surface area contributed by atoms with Crippen LogP contribution in [-0.2, 0) is 6.54 Å². The van der Waals surface area contributed by atoms with Gasteiger partial charge in [0.1, 0.15) is 6.20 Å². The topological polar surface area (TPSA) is 102 Å². The lowest BCUT2D eigenvalue weighted by Gasteiger charge is -2.02. The Morgan fingerprint density at radius 1 is 1.31 bits per heavy atom. The van der Waals surface area contributed by atoms with Crippen molar-refractivity contribution in [3.63, 3.8) is 0 Å². The molecule has 0 radical (unpaired) electrons. The van der Waals surface area contributed by atoms with Crippen LogP contribution in [0.5, 0.6) is 0 Å². The number of amides is 1. The van der Waals surface area contributed by atoms with Crippen molar-refractivity contribution in [1.82, 2.24) is 15.2 Å². The maximum atomic E-state index is 12.4. The van der Waals surface area contributed by atoms with Crippen LogP contribution < -0.4 is 5.43 Å². The van der Waals surface area contributed by atoms with E-state index < -0.39 is 16.5 Å². The highest BCUT2D eigenvalue weighted by molar-refractivity contribution is 9.10. The molecule has 0 unspecified atom stereocenters. The van der Waals surface area contributed by atoms with Gasteiger partial charge in [0.25, 0.3) is 5.91 Å². The molecule has 148 valence electrons. The summed E-state index contributed by atoms with van der Waals surface area (Å²) in [4.78, 5) is 23.0. The zero-order chi connectivity index (χ0) is 21.0. The molecule has 29 heavy (non-hydrogen) atoms. The standard InChI is InChI=1S/C18H12BrCl2N5O3/c19-13-3-1-2-11(6-13)9-25-10-16(26(28)29)17(24-25)18(27)23-22-8-12-4-5-14(20)7-15(12)21/h1-8,10H,9H2,(H,23,27)/b22-8-. The molecule has 1 aromatic heterocycles. The van der Waals surface area contributed by atoms with Crippen LogP contribution in [0.25, 0.3) is 0 Å². The average Bonchev–Trinajstić information content (AvgIpc) is 3.07. The van der Waals surface area contributed by atoms with Crippen LogP contribution in [0.15, 0.2) is 58.2 Å². The predicted molar refractivity (Wildman–Crippen MR) is 114 cm³/mol. The number of halogens is 3. The first kappa shape index (κ1) is 21.0. The molecule has 0 saturated heterocycles. The van der Waals surface area contributed by atoms with Crippen molar-refractivity contribution < 1.29 is 9.72 Å². The van der Waals surface area contributed by atoms with Gasteiger partial charge in [-0.1, -0.05) is 57.3 Å². The molecule has 0 spiro atoms. The summed E-state index contributed by atoms with van der Waals surface area (Å²) < 4.78 is 2.19. The third-order valence-corrected chi connectivity index (χ3v) is 4.78. The number of nitrogens with one attached hydrogen (secondary N) is 1. The number of hydrazone groups is 1. The Hall–Kier alpha value is -2.75. The van der Waals surface area contributed by atoms with E-state index in [-0.39, 0.29) is 12.2 Å². The minimum atomic E-state index is -0.814. The van der Waals surface area contributed by atoms with Gasteiger partial charge in [-0.05, 0) is 29.8 Å². The molecule has 0 aliphatic heterocycles. The fourth-order valence-corrected chi connectivity index (χ4v) is 3.33. The van der Waals surface area contributed by atoms with Gasteiger partial charge in [-0.25, -0.2) is 5.43 Å². The van der Waals surface area contributed by atoms with Crippen LogP contribution in [-0.4, -0.2) is 26.8 Å². The van der Waals surface area contributed by atoms with Crippen LogP contribution in [0, 0.1) is 10.1 Å². The second-order valence-corrected chi connectivity index (χ2v) is 7.57. The van der Waals surface area contributed by atoms with Crippen molar-refractivity contribution in [3.8, 4) is 0 Å². The van der Waals surface area contributed by atoms with E-state index in [2.05, 4.69) is 31.6 Å². The Bertz CT molecular complexity index is 1120. The van der Waals surface area contributed by atoms with Gasteiger partial charge in [-0.3, -0.25) is 19.6 Å². The first-order valence-electron chi connectivity index (χ1n) is 8.08. The minimum absolute atomic E-state index is 0.261. The quantitative estimate of drug-likeness (QED) is 0.304. The molecule has 1 heterocycles. The highest BCUT2D eigenvalue weighted by Crippen LogP contribution is 2.20. The van der Waals surface area contributed by atoms with Crippen molar-refractivity contribution in [2.75, 3.05) is 0 Å². The largest absolute Gasteiger partial charge is 0.320 e. The number of carbonyl (C=O) groups excluding carboxylic acids is 1. The first-order valence-corrected chi connectivity index (χ1v) is 9.63. The van der Waals surface area contributed by atoms with E-state index in [1.807, 2.05) is 24.3 Å². The molecule has 1 amide bonds. The highest BCUT2D eigenvalue weighted by atomic mass is 79.9. The summed E-state index contributed by atoms with van der Waals surface area (Å²) in [5, 5.41) is 19.9. The average molecular weight is 497 g/mol. The molecular weight excluding hydrogens is 485 g/mol. The summed E-state index contributed by atoms with van der Waals surface area (Å²) in [6.45, 7) is 0.261. The third kappa shape index (κ3) is 5.41. The van der Waals surface area contributed by atoms with Crippen LogP contribution >= 0.6 is 39.1 Å². The van der Waals surface area contributed by atoms with E-state index in [9.17, 15) is 14.9 Å². The molecule has 11 heteroatoms. The summed E-state index contributed by atoms with van der Waals surface area (Å²) in [6.07, 6.45) is 2.51. The van der Waals surface area contributed by atoms with Gasteiger partial charge in [-0.15, -0.1) is 0 Å². The Morgan fingerprint density at radius 3 is 2.79 bits per heavy atom. The maximum absolute atomic E-state index is 12.4. The predicted octanol–water partition coefficient (Wildman–Crippen LogP) is 4.67. The molecule has 0 aliphatic carbocycles. The van der Waals surface area contributed by atoms with Crippen molar-refractivity contribution in [2.45, 2.75) is 6.54 Å². The lowest BCUT2D eigenvalue weighted by molar-refractivity contribution is -0.385. The van der Waals surface area contributed by atoms with Crippen molar-refractivity contribution in [1.29, 1.82) is 0 Å². The SMILES string of the molecule is O=C(N/N=C\c1ccc(Cl)cc1Cl)c1nn(Cc2cccc(Br)c2)cc1[N+](=O)[O-]. The van der Waals surface area contributed by atoms with E-state index in [0.717, 1.165) is 10.0 Å². The molecule has 0 fully saturated rings. The van der Waals surface area contributed by atoms with Gasteiger partial charge in [0, 0.05) is 15.1 Å². The number of nitrogens with zero attached hydrogens (tertiary/aromatic N) is 4. The molecule has 3 aromatic rings. The van der Waals surface area contributed by atoms with E-state index in [1.54, 1.807) is 12.1 Å². The zero-order valence-electron chi connectivity index (χ0n) is 14.6. The van der Waals surface area contributed by atoms with Crippen molar-refractivity contribution in [3.05, 3.63) is 90.1 Å². The van der Waals surface area contributed by atoms with Crippen LogP contribution in [0.1, 0.15) is 21.6 Å². The summed E-state index contributed by atoms with van der Waals surface area (Å²) in [7, 11) is 0. The van der Waals surface area contributed by atoms with E-state index in [0.29, 0.717) is 15.6 Å². The Labute approximate surface area is 183 Å². The summed E-state index contributed by atoms with van der Waals surface area (Å²) >= 11 is 15.2. The van der Waals surface area contributed by atoms with Crippen LogP contribution in [0.3, 0.4) is 0 Å². The maximum Gasteiger partial charge on any atom is 0.320 e. The van der Waals surface area contributed by atoms with Gasteiger partial charge in [0.2, 0.25) is 5.69 Å². The number of nitro groups is 1. The number of rotatable bonds is 6. The van der Waals surface area contributed by atoms with Gasteiger partial charge in [0.15, 0.2) is 0 Å². The number of benzene rings is 2. The monoisotopic (exact) mass is 495 g/mol. The van der Waals surface area contributed by atoms with Gasteiger partial charge in [-0.2, -0.15) is 10.2 Å². The fourth-order valence-electron chi connectivity index (χ4n) is 2.43. The molecule has 0 saturated carbocycles. The molecule has 0 aliphatic rings. The molecule has 3 rings (SSSR count). The number of carbonyl (C=O) groups is 1. The number of aromatic nitrogens is 2. The van der Waals surface area contributed by atoms with Gasteiger partial charge >= 0.3 is 5.69 Å². The smallest absolute Gasteiger partial charge is 0.265 e. The van der Waals surface area contributed by atoms with E-state index in [1.165, 1.54) is 23.2 Å². The number of hydrogen-bond acceptors (Lipinski definition) is 5. The molecule has 0 atom stereocenters. The van der Waals surface area contributed by atoms with Crippen molar-refractivity contribution >= 4 is 56.9 Å². The molecule has 8 nitrogen and oxygen atoms in total. The second kappa shape index (κ2) is 9.17. The second-order valence-electron chi connectivity index (χ2n) is 5.81. The molecule has 2 aromatic carbocycles. The first-order chi connectivity index (χ1) is 13.8. The molecular formula is C18H12BrCl2N5O3. The Kier molecular flexibility index (Phi) is 6.63. The normalized spacial score (nSPS) is 11.0. The van der Waals surface area contributed by atoms with E-state index in [4.69, 9.17) is 23.2 Å². The molecule has 0 bridgehead atoms. The number of hydrogen-bond donors (Lipinski definition) is 1. The van der Waals surface area contributed by atoms with Gasteiger partial charge in [0.05, 0.1) is 22.7 Å². The Balaban J connectivity index is 1.77. The fraction of sp³-hybridized carbons (Fsp3) is 0.0556. The minimum Gasteiger partial charge on any atom is -0.265 e. The van der Waals surface area contributed by atoms with Crippen LogP contribution in [0.4, 0.5) is 5.69 Å². The summed E-state index contributed by atoms with van der Waals surface area (Å²) in [5.41, 5.74) is 2.84. The lowest BCUT2D eigenvalue weighted by Crippen LogP contribution is -2.19. The summed E-state index contributed by atoms with van der Waals surface area (Å²) in [6, 6.07) is 12.2. The Morgan fingerprint density at radius 2 is 2.10 bits per heavy atom. The lowest BCUT2D eigenvalue weighted by atomic mass is 10.2. The van der Waals surface area contributed by atoms with Crippen LogP contribution in [0.2, 0.25) is 10.0 Å².